The van der Waals surface area contributed by atoms with Crippen LogP contribution < -0.4 is 4.90 Å². The lowest BCUT2D eigenvalue weighted by atomic mass is 9.99. The number of aromatic nitrogens is 1. The van der Waals surface area contributed by atoms with Gasteiger partial charge in [0.05, 0.1) is 11.0 Å². The molecule has 0 amide bonds. The van der Waals surface area contributed by atoms with E-state index in [0.29, 0.717) is 0 Å². The summed E-state index contributed by atoms with van der Waals surface area (Å²) in [7, 11) is 0. The topological polar surface area (TPSA) is 21.3 Å². The van der Waals surface area contributed by atoms with Crippen molar-refractivity contribution in [2.45, 2.75) is 0 Å². The lowest BCUT2D eigenvalue weighted by Gasteiger charge is -2.26. The predicted molar refractivity (Wildman–Crippen MR) is 264 cm³/mol. The van der Waals surface area contributed by atoms with Gasteiger partial charge in [-0.1, -0.05) is 170 Å². The maximum atomic E-state index is 6.22. The second kappa shape index (κ2) is 15.3. The Hall–Kier alpha value is -8.40. The van der Waals surface area contributed by atoms with Crippen molar-refractivity contribution in [3.8, 4) is 50.2 Å². The number of hydrogen-bond donors (Lipinski definition) is 0. The third-order valence-corrected chi connectivity index (χ3v) is 12.4. The molecule has 0 saturated carbocycles. The fourth-order valence-electron chi connectivity index (χ4n) is 9.36. The van der Waals surface area contributed by atoms with Gasteiger partial charge in [0.15, 0.2) is 0 Å². The molecule has 0 saturated heterocycles. The van der Waals surface area contributed by atoms with Gasteiger partial charge in [-0.25, -0.2) is 0 Å². The van der Waals surface area contributed by atoms with Crippen molar-refractivity contribution >= 4 is 60.8 Å². The number of anilines is 3. The van der Waals surface area contributed by atoms with E-state index < -0.39 is 0 Å². The standard InChI is InChI=1S/C60H40N2O/c1-3-13-41(14-4-1)43-25-32-48(33-26-43)61(49-34-27-44(28-35-49)42-15-5-2-6-16-42)50-36-29-45(30-37-50)46-17-11-18-51(39-46)62-57-23-9-7-19-53(57)55-22-12-21-52(60(55)62)47-31-38-59-56(40-47)54-20-8-10-24-58(54)63-59/h1-40H. The van der Waals surface area contributed by atoms with Gasteiger partial charge in [-0.05, 0) is 112 Å². The van der Waals surface area contributed by atoms with Crippen LogP contribution in [0.25, 0.3) is 93.9 Å². The van der Waals surface area contributed by atoms with Crippen LogP contribution in [0.15, 0.2) is 247 Å². The second-order valence-corrected chi connectivity index (χ2v) is 16.1. The molecule has 0 fully saturated rings. The Bertz CT molecular complexity index is 3500. The third kappa shape index (κ3) is 6.46. The minimum atomic E-state index is 0.899. The first-order valence-corrected chi connectivity index (χ1v) is 21.5. The van der Waals surface area contributed by atoms with Crippen molar-refractivity contribution in [3.05, 3.63) is 243 Å². The van der Waals surface area contributed by atoms with Gasteiger partial charge in [0, 0.05) is 49.9 Å². The summed E-state index contributed by atoms with van der Waals surface area (Å²) in [6, 6.07) is 87.1. The highest BCUT2D eigenvalue weighted by Gasteiger charge is 2.19. The number of hydrogen-bond acceptors (Lipinski definition) is 2. The molecule has 2 heterocycles. The molecular formula is C60H40N2O. The molecule has 0 aliphatic heterocycles. The summed E-state index contributed by atoms with van der Waals surface area (Å²) in [4.78, 5) is 2.34. The highest BCUT2D eigenvalue weighted by Crippen LogP contribution is 2.42. The Morgan fingerprint density at radius 2 is 0.778 bits per heavy atom. The van der Waals surface area contributed by atoms with Crippen molar-refractivity contribution in [1.82, 2.24) is 4.57 Å². The van der Waals surface area contributed by atoms with Gasteiger partial charge in [0.1, 0.15) is 11.2 Å². The Morgan fingerprint density at radius 3 is 1.43 bits per heavy atom. The normalized spacial score (nSPS) is 11.5. The number of benzene rings is 10. The SMILES string of the molecule is c1ccc(-c2ccc(N(c3ccc(-c4ccccc4)cc3)c3ccc(-c4cccc(-n5c6ccccc6c6cccc(-c7ccc8oc9ccccc9c8c7)c65)c4)cc3)cc2)cc1. The zero-order valence-corrected chi connectivity index (χ0v) is 34.4. The molecule has 296 valence electrons. The zero-order chi connectivity index (χ0) is 41.7. The fourth-order valence-corrected chi connectivity index (χ4v) is 9.36. The van der Waals surface area contributed by atoms with Crippen LogP contribution in [0.5, 0.6) is 0 Å². The van der Waals surface area contributed by atoms with E-state index in [1.54, 1.807) is 0 Å². The van der Waals surface area contributed by atoms with Gasteiger partial charge in [-0.15, -0.1) is 0 Å². The van der Waals surface area contributed by atoms with E-state index >= 15 is 0 Å². The summed E-state index contributed by atoms with van der Waals surface area (Å²) in [6.45, 7) is 0. The first kappa shape index (κ1) is 36.5. The van der Waals surface area contributed by atoms with Crippen LogP contribution in [0.3, 0.4) is 0 Å². The van der Waals surface area contributed by atoms with E-state index in [0.717, 1.165) is 61.4 Å². The smallest absolute Gasteiger partial charge is 0.135 e. The molecule has 10 aromatic carbocycles. The lowest BCUT2D eigenvalue weighted by molar-refractivity contribution is 0.669. The van der Waals surface area contributed by atoms with E-state index in [-0.39, 0.29) is 0 Å². The molecule has 0 aliphatic carbocycles. The van der Waals surface area contributed by atoms with E-state index in [9.17, 15) is 0 Å². The molecule has 0 radical (unpaired) electrons. The van der Waals surface area contributed by atoms with Crippen LogP contribution in [0, 0.1) is 0 Å². The zero-order valence-electron chi connectivity index (χ0n) is 34.4. The van der Waals surface area contributed by atoms with Crippen LogP contribution in [0.2, 0.25) is 0 Å². The van der Waals surface area contributed by atoms with Gasteiger partial charge in [-0.2, -0.15) is 0 Å². The Kier molecular flexibility index (Phi) is 8.83. The van der Waals surface area contributed by atoms with Crippen LogP contribution in [0.4, 0.5) is 17.1 Å². The fraction of sp³-hybridized carbons (Fsp3) is 0. The van der Waals surface area contributed by atoms with Crippen molar-refractivity contribution in [2.75, 3.05) is 4.90 Å². The van der Waals surface area contributed by atoms with Crippen molar-refractivity contribution in [1.29, 1.82) is 0 Å². The van der Waals surface area contributed by atoms with Crippen molar-refractivity contribution in [2.24, 2.45) is 0 Å². The first-order chi connectivity index (χ1) is 31.2. The van der Waals surface area contributed by atoms with Crippen LogP contribution in [-0.4, -0.2) is 4.57 Å². The third-order valence-electron chi connectivity index (χ3n) is 12.4. The maximum Gasteiger partial charge on any atom is 0.135 e. The molecule has 0 atom stereocenters. The second-order valence-electron chi connectivity index (χ2n) is 16.1. The molecule has 12 aromatic rings. The maximum absolute atomic E-state index is 6.22. The van der Waals surface area contributed by atoms with Crippen LogP contribution >= 0.6 is 0 Å². The molecule has 0 unspecified atom stereocenters. The molecule has 0 bridgehead atoms. The summed E-state index contributed by atoms with van der Waals surface area (Å²) in [6.07, 6.45) is 0. The Balaban J connectivity index is 0.941. The Labute approximate surface area is 366 Å². The molecule has 63 heavy (non-hydrogen) atoms. The number of furan rings is 1. The minimum absolute atomic E-state index is 0.899. The van der Waals surface area contributed by atoms with Crippen LogP contribution in [-0.2, 0) is 0 Å². The quantitative estimate of drug-likeness (QED) is 0.153. The van der Waals surface area contributed by atoms with E-state index in [1.165, 1.54) is 49.6 Å². The molecular weight excluding hydrogens is 765 g/mol. The van der Waals surface area contributed by atoms with Crippen molar-refractivity contribution in [3.63, 3.8) is 0 Å². The van der Waals surface area contributed by atoms with Gasteiger partial charge >= 0.3 is 0 Å². The van der Waals surface area contributed by atoms with E-state index in [4.69, 9.17) is 4.42 Å². The average Bonchev–Trinajstić information content (AvgIpc) is 3.91. The monoisotopic (exact) mass is 804 g/mol. The number of para-hydroxylation sites is 3. The van der Waals surface area contributed by atoms with E-state index in [1.807, 2.05) is 12.1 Å². The summed E-state index contributed by atoms with van der Waals surface area (Å²) in [5.74, 6) is 0. The molecule has 0 spiro atoms. The number of rotatable bonds is 8. The molecule has 12 rings (SSSR count). The molecule has 3 nitrogen and oxygen atoms in total. The minimum Gasteiger partial charge on any atom is -0.456 e. The summed E-state index contributed by atoms with van der Waals surface area (Å²) in [5.41, 5.74) is 18.0. The highest BCUT2D eigenvalue weighted by molar-refractivity contribution is 6.15. The van der Waals surface area contributed by atoms with Crippen LogP contribution in [0.1, 0.15) is 0 Å². The molecule has 0 N–H and O–H groups in total. The largest absolute Gasteiger partial charge is 0.456 e. The highest BCUT2D eigenvalue weighted by atomic mass is 16.3. The summed E-state index contributed by atoms with van der Waals surface area (Å²) < 4.78 is 8.66. The molecule has 3 heteroatoms. The first-order valence-electron chi connectivity index (χ1n) is 21.5. The average molecular weight is 805 g/mol. The van der Waals surface area contributed by atoms with Gasteiger partial charge in [0.25, 0.3) is 0 Å². The Morgan fingerprint density at radius 1 is 0.302 bits per heavy atom. The lowest BCUT2D eigenvalue weighted by Crippen LogP contribution is -2.09. The number of nitrogens with zero attached hydrogens (tertiary/aromatic N) is 2. The van der Waals surface area contributed by atoms with Gasteiger partial charge in [-0.3, -0.25) is 0 Å². The molecule has 0 aliphatic rings. The predicted octanol–water partition coefficient (Wildman–Crippen LogP) is 16.8. The molecule has 2 aromatic heterocycles. The number of fused-ring (bicyclic) bond motifs is 6. The van der Waals surface area contributed by atoms with E-state index in [2.05, 4.69) is 240 Å². The van der Waals surface area contributed by atoms with Gasteiger partial charge < -0.3 is 13.9 Å². The van der Waals surface area contributed by atoms with Crippen molar-refractivity contribution < 1.29 is 4.42 Å². The van der Waals surface area contributed by atoms with Gasteiger partial charge in [0.2, 0.25) is 0 Å². The summed E-state index contributed by atoms with van der Waals surface area (Å²) in [5, 5.41) is 4.71. The summed E-state index contributed by atoms with van der Waals surface area (Å²) >= 11 is 0.